The van der Waals surface area contributed by atoms with Crippen molar-refractivity contribution in [2.24, 2.45) is 5.92 Å². The van der Waals surface area contributed by atoms with Gasteiger partial charge in [-0.2, -0.15) is 5.10 Å². The number of aryl methyl sites for hydroxylation is 1. The number of carbonyl (C=O) groups excluding carboxylic acids is 1. The van der Waals surface area contributed by atoms with Crippen LogP contribution in [0.3, 0.4) is 0 Å². The number of likely N-dealkylation sites (tertiary alicyclic amines) is 1. The van der Waals surface area contributed by atoms with Gasteiger partial charge in [0.1, 0.15) is 0 Å². The third-order valence-corrected chi connectivity index (χ3v) is 5.27. The molecular formula is C21H27Cl2N5O. The number of pyridine rings is 1. The maximum Gasteiger partial charge on any atom is 0.254 e. The summed E-state index contributed by atoms with van der Waals surface area (Å²) in [5.74, 6) is 0.595. The van der Waals surface area contributed by atoms with Gasteiger partial charge in [-0.1, -0.05) is 30.3 Å². The van der Waals surface area contributed by atoms with Crippen LogP contribution in [0, 0.1) is 5.92 Å². The fourth-order valence-corrected chi connectivity index (χ4v) is 3.86. The number of rotatable bonds is 5. The smallest absolute Gasteiger partial charge is 0.254 e. The molecule has 0 spiro atoms. The largest absolute Gasteiger partial charge is 0.338 e. The first-order valence-electron chi connectivity index (χ1n) is 9.57. The van der Waals surface area contributed by atoms with Gasteiger partial charge in [-0.05, 0) is 38.9 Å². The summed E-state index contributed by atoms with van der Waals surface area (Å²) < 4.78 is 1.85. The van der Waals surface area contributed by atoms with Gasteiger partial charge in [-0.25, -0.2) is 9.67 Å². The summed E-state index contributed by atoms with van der Waals surface area (Å²) in [5, 5.41) is 8.49. The topological polar surface area (TPSA) is 63.1 Å². The maximum atomic E-state index is 13.3. The van der Waals surface area contributed by atoms with Crippen LogP contribution in [0.4, 0.5) is 0 Å². The molecular weight excluding hydrogens is 409 g/mol. The average molecular weight is 436 g/mol. The van der Waals surface area contributed by atoms with E-state index in [4.69, 9.17) is 4.98 Å². The van der Waals surface area contributed by atoms with Gasteiger partial charge in [0.25, 0.3) is 5.91 Å². The molecule has 0 aliphatic carbocycles. The zero-order valence-corrected chi connectivity index (χ0v) is 18.3. The number of aromatic nitrogens is 3. The second-order valence-corrected chi connectivity index (χ2v) is 7.08. The first-order chi connectivity index (χ1) is 13.2. The number of hydrogen-bond donors (Lipinski definition) is 1. The molecule has 156 valence electrons. The summed E-state index contributed by atoms with van der Waals surface area (Å²) in [6.45, 7) is 5.30. The third kappa shape index (κ3) is 4.55. The molecule has 1 saturated heterocycles. The van der Waals surface area contributed by atoms with Crippen LogP contribution in [0.15, 0.2) is 42.6 Å². The number of halogens is 2. The van der Waals surface area contributed by atoms with Gasteiger partial charge >= 0.3 is 0 Å². The zero-order chi connectivity index (χ0) is 18.8. The van der Waals surface area contributed by atoms with Crippen molar-refractivity contribution in [3.05, 3.63) is 48.2 Å². The highest BCUT2D eigenvalue weighted by atomic mass is 35.5. The van der Waals surface area contributed by atoms with Crippen LogP contribution in [0.5, 0.6) is 0 Å². The van der Waals surface area contributed by atoms with Gasteiger partial charge < -0.3 is 10.2 Å². The van der Waals surface area contributed by atoms with Crippen molar-refractivity contribution in [1.29, 1.82) is 0 Å². The third-order valence-electron chi connectivity index (χ3n) is 5.27. The van der Waals surface area contributed by atoms with Crippen molar-refractivity contribution in [1.82, 2.24) is 25.0 Å². The lowest BCUT2D eigenvalue weighted by molar-refractivity contribution is 0.0789. The minimum Gasteiger partial charge on any atom is -0.338 e. The molecule has 0 radical (unpaired) electrons. The molecule has 2 aromatic heterocycles. The second-order valence-electron chi connectivity index (χ2n) is 7.08. The van der Waals surface area contributed by atoms with E-state index < -0.39 is 0 Å². The van der Waals surface area contributed by atoms with E-state index in [1.54, 1.807) is 6.20 Å². The predicted molar refractivity (Wildman–Crippen MR) is 121 cm³/mol. The van der Waals surface area contributed by atoms with Gasteiger partial charge in [0, 0.05) is 25.2 Å². The van der Waals surface area contributed by atoms with E-state index in [1.165, 1.54) is 0 Å². The Kier molecular flexibility index (Phi) is 8.02. The molecule has 3 heterocycles. The van der Waals surface area contributed by atoms with Crippen LogP contribution in [0.2, 0.25) is 0 Å². The van der Waals surface area contributed by atoms with Crippen LogP contribution >= 0.6 is 24.8 Å². The van der Waals surface area contributed by atoms with Crippen LogP contribution < -0.4 is 5.32 Å². The second kappa shape index (κ2) is 10.1. The normalized spacial score (nSPS) is 15.8. The highest BCUT2D eigenvalue weighted by Crippen LogP contribution is 2.27. The molecule has 0 bridgehead atoms. The summed E-state index contributed by atoms with van der Waals surface area (Å²) in [4.78, 5) is 20.1. The fourth-order valence-electron chi connectivity index (χ4n) is 3.86. The Morgan fingerprint density at radius 2 is 2.00 bits per heavy atom. The molecule has 1 aromatic carbocycles. The molecule has 1 N–H and O–H groups in total. The van der Waals surface area contributed by atoms with Crippen LogP contribution in [0.25, 0.3) is 22.3 Å². The summed E-state index contributed by atoms with van der Waals surface area (Å²) in [5.41, 5.74) is 3.29. The first-order valence-corrected chi connectivity index (χ1v) is 9.57. The van der Waals surface area contributed by atoms with Gasteiger partial charge in [-0.15, -0.1) is 24.8 Å². The molecule has 3 aromatic rings. The van der Waals surface area contributed by atoms with E-state index in [-0.39, 0.29) is 30.7 Å². The van der Waals surface area contributed by atoms with Crippen LogP contribution in [-0.4, -0.2) is 52.3 Å². The highest BCUT2D eigenvalue weighted by molar-refractivity contribution is 6.06. The molecule has 4 rings (SSSR count). The number of carbonyl (C=O) groups is 1. The number of benzene rings is 1. The van der Waals surface area contributed by atoms with Crippen LogP contribution in [0.1, 0.15) is 23.7 Å². The summed E-state index contributed by atoms with van der Waals surface area (Å²) >= 11 is 0. The summed E-state index contributed by atoms with van der Waals surface area (Å²) in [6.07, 6.45) is 2.82. The Balaban J connectivity index is 0.00000150. The van der Waals surface area contributed by atoms with E-state index in [0.717, 1.165) is 54.9 Å². The molecule has 1 fully saturated rings. The van der Waals surface area contributed by atoms with Crippen molar-refractivity contribution in [2.45, 2.75) is 19.9 Å². The summed E-state index contributed by atoms with van der Waals surface area (Å²) in [6, 6.07) is 11.9. The Hall–Kier alpha value is -2.15. The molecule has 6 nitrogen and oxygen atoms in total. The number of nitrogens with one attached hydrogen (secondary N) is 1. The Labute approximate surface area is 183 Å². The standard InChI is InChI=1S/C21H25N5O.2ClH/c1-3-26-20-18(13-23-26)17(11-19(24-20)16-7-5-4-6-8-16)21(27)25-10-9-15(14-25)12-22-2;;/h4-8,11,13,15,22H,3,9-10,12,14H2,1-2H3;2*1H. The van der Waals surface area contributed by atoms with Crippen LogP contribution in [-0.2, 0) is 6.54 Å². The van der Waals surface area contributed by atoms with E-state index in [1.807, 2.05) is 60.0 Å². The van der Waals surface area contributed by atoms with Gasteiger partial charge in [0.05, 0.1) is 22.8 Å². The van der Waals surface area contributed by atoms with E-state index in [9.17, 15) is 4.79 Å². The molecule has 29 heavy (non-hydrogen) atoms. The van der Waals surface area contributed by atoms with Gasteiger partial charge in [0.2, 0.25) is 0 Å². The molecule has 1 amide bonds. The lowest BCUT2D eigenvalue weighted by Crippen LogP contribution is -2.30. The van der Waals surface area contributed by atoms with Crippen molar-refractivity contribution >= 4 is 41.8 Å². The molecule has 1 aliphatic heterocycles. The van der Waals surface area contributed by atoms with Gasteiger partial charge in [0.15, 0.2) is 5.65 Å². The SMILES string of the molecule is CCn1ncc2c(C(=O)N3CCC(CNC)C3)cc(-c3ccccc3)nc21.Cl.Cl. The number of nitrogens with zero attached hydrogens (tertiary/aromatic N) is 4. The van der Waals surface area contributed by atoms with Crippen molar-refractivity contribution in [3.63, 3.8) is 0 Å². The number of amides is 1. The van der Waals surface area contributed by atoms with Gasteiger partial charge in [-0.3, -0.25) is 4.79 Å². The fraction of sp³-hybridized carbons (Fsp3) is 0.381. The van der Waals surface area contributed by atoms with Crippen molar-refractivity contribution in [3.8, 4) is 11.3 Å². The van der Waals surface area contributed by atoms with E-state index in [2.05, 4.69) is 10.4 Å². The van der Waals surface area contributed by atoms with Crippen molar-refractivity contribution < 1.29 is 4.79 Å². The lowest BCUT2D eigenvalue weighted by Gasteiger charge is -2.18. The first kappa shape index (κ1) is 23.1. The Morgan fingerprint density at radius 3 is 2.69 bits per heavy atom. The number of hydrogen-bond acceptors (Lipinski definition) is 4. The zero-order valence-electron chi connectivity index (χ0n) is 16.7. The van der Waals surface area contributed by atoms with E-state index >= 15 is 0 Å². The minimum atomic E-state index is 0. The molecule has 0 saturated carbocycles. The number of fused-ring (bicyclic) bond motifs is 1. The molecule has 1 aliphatic rings. The highest BCUT2D eigenvalue weighted by Gasteiger charge is 2.28. The molecule has 1 unspecified atom stereocenters. The van der Waals surface area contributed by atoms with Crippen molar-refractivity contribution in [2.75, 3.05) is 26.7 Å². The molecule has 8 heteroatoms. The quantitative estimate of drug-likeness (QED) is 0.664. The monoisotopic (exact) mass is 435 g/mol. The molecule has 1 atom stereocenters. The van der Waals surface area contributed by atoms with E-state index in [0.29, 0.717) is 11.5 Å². The summed E-state index contributed by atoms with van der Waals surface area (Å²) in [7, 11) is 1.96. The Bertz CT molecular complexity index is 960. The maximum absolute atomic E-state index is 13.3. The lowest BCUT2D eigenvalue weighted by atomic mass is 10.1. The Morgan fingerprint density at radius 1 is 1.24 bits per heavy atom. The average Bonchev–Trinajstić information content (AvgIpc) is 3.34. The predicted octanol–water partition coefficient (Wildman–Crippen LogP) is 3.64. The minimum absolute atomic E-state index is 0.